The van der Waals surface area contributed by atoms with Gasteiger partial charge < -0.3 is 19.9 Å². The summed E-state index contributed by atoms with van der Waals surface area (Å²) in [6.07, 6.45) is -2.18. The lowest BCUT2D eigenvalue weighted by molar-refractivity contribution is -0.272. The third-order valence-electron chi connectivity index (χ3n) is 5.64. The first kappa shape index (κ1) is 23.1. The molecule has 1 saturated heterocycles. The number of benzene rings is 1. The van der Waals surface area contributed by atoms with Crippen molar-refractivity contribution in [1.29, 1.82) is 0 Å². The summed E-state index contributed by atoms with van der Waals surface area (Å²) < 4.78 is 41.7. The highest BCUT2D eigenvalue weighted by Crippen LogP contribution is 2.40. The summed E-state index contributed by atoms with van der Waals surface area (Å²) in [6, 6.07) is 9.73. The van der Waals surface area contributed by atoms with Crippen LogP contribution in [0.25, 0.3) is 0 Å². The van der Waals surface area contributed by atoms with Gasteiger partial charge in [-0.25, -0.2) is 9.78 Å². The maximum Gasteiger partial charge on any atom is 0.424 e. The van der Waals surface area contributed by atoms with Crippen LogP contribution in [0.15, 0.2) is 42.7 Å². The number of hydrogen-bond acceptors (Lipinski definition) is 4. The van der Waals surface area contributed by atoms with Crippen molar-refractivity contribution in [3.8, 4) is 0 Å². The number of aliphatic hydroxyl groups is 1. The van der Waals surface area contributed by atoms with Crippen LogP contribution in [-0.4, -0.2) is 75.9 Å². The summed E-state index contributed by atoms with van der Waals surface area (Å²) in [5.74, 6) is -0.499. The standard InChI is InChI=1S/C21H28F3N5O2/c1-27-12-10-25-18(27)20(31,21(22,23)24)8-9-26-19(30)29-15-13-28(14-16-29)11-7-17-5-3-2-4-6-17/h2-6,10,12,31H,7-9,11,13-16H2,1H3,(H,26,30). The molecule has 31 heavy (non-hydrogen) atoms. The molecule has 1 aromatic carbocycles. The third kappa shape index (κ3) is 5.56. The number of hydrogen-bond donors (Lipinski definition) is 2. The lowest BCUT2D eigenvalue weighted by Crippen LogP contribution is -2.53. The number of carbonyl (C=O) groups excluding carboxylic acids is 1. The minimum atomic E-state index is -4.92. The summed E-state index contributed by atoms with van der Waals surface area (Å²) in [5.41, 5.74) is -1.87. The second-order valence-corrected chi connectivity index (χ2v) is 7.77. The molecular formula is C21H28F3N5O2. The van der Waals surface area contributed by atoms with E-state index in [9.17, 15) is 23.1 Å². The van der Waals surface area contributed by atoms with Gasteiger partial charge in [0.05, 0.1) is 0 Å². The van der Waals surface area contributed by atoms with Crippen LogP contribution in [0.1, 0.15) is 17.8 Å². The van der Waals surface area contributed by atoms with E-state index in [-0.39, 0.29) is 6.54 Å². The number of carbonyl (C=O) groups is 1. The van der Waals surface area contributed by atoms with Crippen LogP contribution in [0.3, 0.4) is 0 Å². The molecule has 0 bridgehead atoms. The van der Waals surface area contributed by atoms with Gasteiger partial charge in [-0.05, 0) is 12.0 Å². The second kappa shape index (κ2) is 9.69. The van der Waals surface area contributed by atoms with Gasteiger partial charge in [0, 0.05) is 65.1 Å². The lowest BCUT2D eigenvalue weighted by Gasteiger charge is -2.35. The van der Waals surface area contributed by atoms with Gasteiger partial charge in [-0.2, -0.15) is 13.2 Å². The van der Waals surface area contributed by atoms with Crippen LogP contribution in [0.5, 0.6) is 0 Å². The number of piperazine rings is 1. The van der Waals surface area contributed by atoms with Gasteiger partial charge >= 0.3 is 12.2 Å². The van der Waals surface area contributed by atoms with Crippen molar-refractivity contribution >= 4 is 6.03 Å². The third-order valence-corrected chi connectivity index (χ3v) is 5.64. The number of alkyl halides is 3. The molecule has 2 amide bonds. The number of halogens is 3. The summed E-state index contributed by atoms with van der Waals surface area (Å²) in [7, 11) is 1.38. The van der Waals surface area contributed by atoms with E-state index in [2.05, 4.69) is 27.3 Å². The molecule has 1 atom stereocenters. The monoisotopic (exact) mass is 439 g/mol. The van der Waals surface area contributed by atoms with E-state index in [1.54, 1.807) is 4.90 Å². The molecule has 0 spiro atoms. The van der Waals surface area contributed by atoms with E-state index < -0.39 is 30.1 Å². The Morgan fingerprint density at radius 2 is 1.84 bits per heavy atom. The Hall–Kier alpha value is -2.59. The van der Waals surface area contributed by atoms with Crippen LogP contribution in [0.2, 0.25) is 0 Å². The first-order chi connectivity index (χ1) is 14.7. The number of urea groups is 1. The van der Waals surface area contributed by atoms with Crippen LogP contribution in [0.4, 0.5) is 18.0 Å². The van der Waals surface area contributed by atoms with E-state index in [0.717, 1.165) is 17.5 Å². The molecule has 0 radical (unpaired) electrons. The van der Waals surface area contributed by atoms with Crippen molar-refractivity contribution in [3.05, 3.63) is 54.1 Å². The second-order valence-electron chi connectivity index (χ2n) is 7.77. The molecule has 2 heterocycles. The largest absolute Gasteiger partial charge is 0.424 e. The summed E-state index contributed by atoms with van der Waals surface area (Å²) >= 11 is 0. The molecule has 2 aromatic rings. The van der Waals surface area contributed by atoms with Crippen molar-refractivity contribution in [3.63, 3.8) is 0 Å². The van der Waals surface area contributed by atoms with E-state index >= 15 is 0 Å². The smallest absolute Gasteiger partial charge is 0.374 e. The Morgan fingerprint density at radius 1 is 1.16 bits per heavy atom. The van der Waals surface area contributed by atoms with Crippen LogP contribution < -0.4 is 5.32 Å². The molecule has 1 aromatic heterocycles. The van der Waals surface area contributed by atoms with Gasteiger partial charge in [0.15, 0.2) is 0 Å². The van der Waals surface area contributed by atoms with Crippen LogP contribution in [0, 0.1) is 0 Å². The van der Waals surface area contributed by atoms with Crippen molar-refractivity contribution in [1.82, 2.24) is 24.7 Å². The van der Waals surface area contributed by atoms with Gasteiger partial charge in [0.2, 0.25) is 5.60 Å². The van der Waals surface area contributed by atoms with Gasteiger partial charge in [-0.3, -0.25) is 4.90 Å². The number of nitrogens with one attached hydrogen (secondary N) is 1. The summed E-state index contributed by atoms with van der Waals surface area (Å²) in [5, 5.41) is 12.8. The van der Waals surface area contributed by atoms with Gasteiger partial charge in [-0.1, -0.05) is 30.3 Å². The summed E-state index contributed by atoms with van der Waals surface area (Å²) in [6.45, 7) is 2.99. The normalized spacial score (nSPS) is 17.4. The van der Waals surface area contributed by atoms with Gasteiger partial charge in [0.25, 0.3) is 0 Å². The van der Waals surface area contributed by atoms with E-state index in [1.807, 2.05) is 18.2 Å². The van der Waals surface area contributed by atoms with Crippen LogP contribution >= 0.6 is 0 Å². The Morgan fingerprint density at radius 3 is 2.42 bits per heavy atom. The van der Waals surface area contributed by atoms with Gasteiger partial charge in [0.1, 0.15) is 5.82 Å². The predicted molar refractivity (Wildman–Crippen MR) is 109 cm³/mol. The van der Waals surface area contributed by atoms with E-state index in [0.29, 0.717) is 26.2 Å². The first-order valence-corrected chi connectivity index (χ1v) is 10.3. The molecule has 170 valence electrons. The number of amides is 2. The molecule has 3 rings (SSSR count). The number of nitrogens with zero attached hydrogens (tertiary/aromatic N) is 4. The molecule has 1 aliphatic rings. The molecular weight excluding hydrogens is 411 g/mol. The fraction of sp³-hybridized carbons (Fsp3) is 0.524. The highest BCUT2D eigenvalue weighted by molar-refractivity contribution is 5.74. The molecule has 2 N–H and O–H groups in total. The minimum absolute atomic E-state index is 0.323. The van der Waals surface area contributed by atoms with Gasteiger partial charge in [-0.15, -0.1) is 0 Å². The molecule has 1 aliphatic heterocycles. The Kier molecular flexibility index (Phi) is 7.22. The molecule has 1 unspecified atom stereocenters. The van der Waals surface area contributed by atoms with Crippen molar-refractivity contribution in [2.75, 3.05) is 39.3 Å². The maximum absolute atomic E-state index is 13.5. The maximum atomic E-state index is 13.5. The van der Waals surface area contributed by atoms with E-state index in [4.69, 9.17) is 0 Å². The predicted octanol–water partition coefficient (Wildman–Crippen LogP) is 2.13. The molecule has 0 aliphatic carbocycles. The zero-order chi connectivity index (χ0) is 22.5. The zero-order valence-corrected chi connectivity index (χ0v) is 17.5. The number of aryl methyl sites for hydroxylation is 1. The molecule has 7 nitrogen and oxygen atoms in total. The zero-order valence-electron chi connectivity index (χ0n) is 17.5. The fourth-order valence-electron chi connectivity index (χ4n) is 3.71. The Bertz CT molecular complexity index is 850. The van der Waals surface area contributed by atoms with Crippen molar-refractivity contribution in [2.45, 2.75) is 24.6 Å². The minimum Gasteiger partial charge on any atom is -0.374 e. The number of rotatable bonds is 7. The SMILES string of the molecule is Cn1ccnc1C(O)(CCNC(=O)N1CCN(CCc2ccccc2)CC1)C(F)(F)F. The molecule has 10 heteroatoms. The Labute approximate surface area is 179 Å². The summed E-state index contributed by atoms with van der Waals surface area (Å²) in [4.78, 5) is 19.9. The number of imidazole rings is 1. The lowest BCUT2D eigenvalue weighted by atomic mass is 9.97. The highest BCUT2D eigenvalue weighted by atomic mass is 19.4. The number of aromatic nitrogens is 2. The quantitative estimate of drug-likeness (QED) is 0.693. The van der Waals surface area contributed by atoms with E-state index in [1.165, 1.54) is 25.0 Å². The Balaban J connectivity index is 1.45. The molecule has 0 saturated carbocycles. The highest BCUT2D eigenvalue weighted by Gasteiger charge is 2.57. The average molecular weight is 439 g/mol. The van der Waals surface area contributed by atoms with Crippen LogP contribution in [-0.2, 0) is 19.1 Å². The first-order valence-electron chi connectivity index (χ1n) is 10.3. The topological polar surface area (TPSA) is 73.6 Å². The molecule has 1 fully saturated rings. The average Bonchev–Trinajstić information content (AvgIpc) is 3.18. The van der Waals surface area contributed by atoms with Crippen molar-refractivity contribution in [2.24, 2.45) is 7.05 Å². The fourth-order valence-corrected chi connectivity index (χ4v) is 3.71. The van der Waals surface area contributed by atoms with Crippen molar-refractivity contribution < 1.29 is 23.1 Å².